The van der Waals surface area contributed by atoms with Crippen LogP contribution in [0, 0.1) is 10.1 Å². The molecule has 0 spiro atoms. The van der Waals surface area contributed by atoms with Gasteiger partial charge in [-0.2, -0.15) is 0 Å². The second-order valence-electron chi connectivity index (χ2n) is 8.55. The fourth-order valence-electron chi connectivity index (χ4n) is 4.16. The summed E-state index contributed by atoms with van der Waals surface area (Å²) >= 11 is 0. The lowest BCUT2D eigenvalue weighted by Gasteiger charge is -2.24. The summed E-state index contributed by atoms with van der Waals surface area (Å²) in [5.41, 5.74) is 1.30. The molecule has 7 nitrogen and oxygen atoms in total. The molecule has 34 heavy (non-hydrogen) atoms. The first kappa shape index (κ1) is 25.6. The van der Waals surface area contributed by atoms with Crippen molar-refractivity contribution in [3.8, 4) is 0 Å². The van der Waals surface area contributed by atoms with Crippen molar-refractivity contribution in [1.82, 2.24) is 0 Å². The minimum Gasteiger partial charge on any atom is -0.456 e. The largest absolute Gasteiger partial charge is 0.456 e. The topological polar surface area (TPSA) is 87.9 Å². The van der Waals surface area contributed by atoms with Crippen LogP contribution in [0.15, 0.2) is 67.3 Å². The highest BCUT2D eigenvalue weighted by Gasteiger charge is 2.41. The molecular formula is C27H33NO6. The number of nitro groups is 1. The number of unbranched alkanes of at least 4 members (excludes halogenated alkanes) is 2. The molecule has 0 radical (unpaired) electrons. The van der Waals surface area contributed by atoms with E-state index in [0.717, 1.165) is 31.2 Å². The zero-order valence-electron chi connectivity index (χ0n) is 19.6. The van der Waals surface area contributed by atoms with Crippen LogP contribution in [0.25, 0.3) is 0 Å². The van der Waals surface area contributed by atoms with Gasteiger partial charge in [0.2, 0.25) is 0 Å². The summed E-state index contributed by atoms with van der Waals surface area (Å²) in [7, 11) is 0. The molecule has 0 N–H and O–H groups in total. The predicted molar refractivity (Wildman–Crippen MR) is 130 cm³/mol. The van der Waals surface area contributed by atoms with Gasteiger partial charge in [-0.15, -0.1) is 6.58 Å². The van der Waals surface area contributed by atoms with Crippen molar-refractivity contribution in [1.29, 1.82) is 0 Å². The van der Waals surface area contributed by atoms with Gasteiger partial charge >= 0.3 is 5.97 Å². The fourth-order valence-corrected chi connectivity index (χ4v) is 4.16. The Morgan fingerprint density at radius 1 is 1.21 bits per heavy atom. The van der Waals surface area contributed by atoms with Crippen molar-refractivity contribution < 1.29 is 23.9 Å². The number of rotatable bonds is 13. The molecule has 2 aromatic rings. The Morgan fingerprint density at radius 2 is 1.94 bits per heavy atom. The van der Waals surface area contributed by atoms with E-state index >= 15 is 0 Å². The number of carbonyl (C=O) groups is 1. The standard InChI is InChI=1S/C27H33NO6/c1-3-5-7-13-23(32-19-20-11-8-6-9-12-20)25-18-26(24(33-25)10-4-2)34-27(29)21-14-16-22(17-15-21)28(30)31/h4,6,8-9,11-12,14-17,23-26H,2-3,5,7,10,13,18-19H2,1H3/t23-,24+,25-,26+/m1/s1. The second-order valence-corrected chi connectivity index (χ2v) is 8.55. The number of non-ortho nitro benzene ring substituents is 1. The molecule has 7 heteroatoms. The van der Waals surface area contributed by atoms with Gasteiger partial charge in [-0.3, -0.25) is 10.1 Å². The molecule has 1 aliphatic heterocycles. The van der Waals surface area contributed by atoms with Crippen LogP contribution in [0.2, 0.25) is 0 Å². The van der Waals surface area contributed by atoms with Crippen molar-refractivity contribution in [3.63, 3.8) is 0 Å². The van der Waals surface area contributed by atoms with Gasteiger partial charge in [0.1, 0.15) is 6.10 Å². The van der Waals surface area contributed by atoms with E-state index in [-0.39, 0.29) is 29.6 Å². The van der Waals surface area contributed by atoms with Gasteiger partial charge < -0.3 is 14.2 Å². The van der Waals surface area contributed by atoms with Crippen LogP contribution in [0.3, 0.4) is 0 Å². The predicted octanol–water partition coefficient (Wildman–Crippen LogP) is 6.02. The van der Waals surface area contributed by atoms with E-state index in [2.05, 4.69) is 13.5 Å². The minimum atomic E-state index is -0.522. The maximum Gasteiger partial charge on any atom is 0.338 e. The number of carbonyl (C=O) groups excluding carboxylic acids is 1. The van der Waals surface area contributed by atoms with Crippen molar-refractivity contribution in [3.05, 3.63) is 88.5 Å². The molecule has 1 fully saturated rings. The van der Waals surface area contributed by atoms with Gasteiger partial charge in [0.15, 0.2) is 0 Å². The highest BCUT2D eigenvalue weighted by atomic mass is 16.6. The minimum absolute atomic E-state index is 0.0733. The van der Waals surface area contributed by atoms with Gasteiger partial charge in [0.05, 0.1) is 35.4 Å². The van der Waals surface area contributed by atoms with Crippen LogP contribution in [-0.2, 0) is 20.8 Å². The highest BCUT2D eigenvalue weighted by molar-refractivity contribution is 5.89. The number of nitrogens with zero attached hydrogens (tertiary/aromatic N) is 1. The number of ether oxygens (including phenoxy) is 3. The van der Waals surface area contributed by atoms with Crippen LogP contribution in [0.1, 0.15) is 61.4 Å². The Morgan fingerprint density at radius 3 is 2.59 bits per heavy atom. The van der Waals surface area contributed by atoms with Gasteiger partial charge in [-0.25, -0.2) is 4.79 Å². The Bertz CT molecular complexity index is 930. The molecule has 1 saturated heterocycles. The van der Waals surface area contributed by atoms with Crippen LogP contribution in [0.5, 0.6) is 0 Å². The van der Waals surface area contributed by atoms with Crippen LogP contribution in [-0.4, -0.2) is 35.3 Å². The summed E-state index contributed by atoms with van der Waals surface area (Å²) in [6.45, 7) is 6.48. The molecule has 2 aromatic carbocycles. The molecule has 0 unspecified atom stereocenters. The third kappa shape index (κ3) is 7.23. The highest BCUT2D eigenvalue weighted by Crippen LogP contribution is 2.32. The number of benzene rings is 2. The first-order valence-corrected chi connectivity index (χ1v) is 11.9. The number of hydrogen-bond donors (Lipinski definition) is 0. The smallest absolute Gasteiger partial charge is 0.338 e. The van der Waals surface area contributed by atoms with Crippen molar-refractivity contribution >= 4 is 11.7 Å². The monoisotopic (exact) mass is 467 g/mol. The number of esters is 1. The number of nitro benzene ring substituents is 1. The van der Waals surface area contributed by atoms with E-state index in [4.69, 9.17) is 14.2 Å². The Kier molecular flexibility index (Phi) is 9.79. The Hall–Kier alpha value is -3.03. The molecule has 0 bridgehead atoms. The first-order valence-electron chi connectivity index (χ1n) is 11.9. The van der Waals surface area contributed by atoms with E-state index in [1.807, 2.05) is 30.3 Å². The van der Waals surface area contributed by atoms with Gasteiger partial charge in [-0.05, 0) is 30.5 Å². The van der Waals surface area contributed by atoms with Crippen molar-refractivity contribution in [2.24, 2.45) is 0 Å². The molecule has 182 valence electrons. The maximum atomic E-state index is 12.7. The zero-order valence-corrected chi connectivity index (χ0v) is 19.6. The SMILES string of the molecule is C=CC[C@@H]1O[C@@H]([C@@H](CCCCC)OCc2ccccc2)C[C@@H]1OC(=O)c1ccc([N+](=O)[O-])cc1. The van der Waals surface area contributed by atoms with E-state index in [9.17, 15) is 14.9 Å². The summed E-state index contributed by atoms with van der Waals surface area (Å²) in [5.74, 6) is -0.522. The Labute approximate surface area is 200 Å². The summed E-state index contributed by atoms with van der Waals surface area (Å²) in [5, 5.41) is 10.9. The fraction of sp³-hybridized carbons (Fsp3) is 0.444. The molecule has 1 aliphatic rings. The normalized spacial score (nSPS) is 20.6. The third-order valence-corrected chi connectivity index (χ3v) is 6.01. The quantitative estimate of drug-likeness (QED) is 0.118. The third-order valence-electron chi connectivity index (χ3n) is 6.01. The van der Waals surface area contributed by atoms with E-state index in [1.165, 1.54) is 24.3 Å². The summed E-state index contributed by atoms with van der Waals surface area (Å²) in [4.78, 5) is 23.1. The van der Waals surface area contributed by atoms with Gasteiger partial charge in [-0.1, -0.05) is 62.6 Å². The lowest BCUT2D eigenvalue weighted by Crippen LogP contribution is -2.29. The van der Waals surface area contributed by atoms with Gasteiger partial charge in [0, 0.05) is 18.6 Å². The molecular weight excluding hydrogens is 434 g/mol. The second kappa shape index (κ2) is 13.0. The molecule has 0 saturated carbocycles. The van der Waals surface area contributed by atoms with Crippen molar-refractivity contribution in [2.75, 3.05) is 0 Å². The van der Waals surface area contributed by atoms with E-state index in [0.29, 0.717) is 19.4 Å². The average Bonchev–Trinajstić information content (AvgIpc) is 3.24. The lowest BCUT2D eigenvalue weighted by atomic mass is 10.0. The molecule has 0 aromatic heterocycles. The lowest BCUT2D eigenvalue weighted by molar-refractivity contribution is -0.384. The van der Waals surface area contributed by atoms with Crippen LogP contribution >= 0.6 is 0 Å². The van der Waals surface area contributed by atoms with Crippen molar-refractivity contribution in [2.45, 2.75) is 76.5 Å². The summed E-state index contributed by atoms with van der Waals surface area (Å²) in [6.07, 6.45) is 5.93. The first-order chi connectivity index (χ1) is 16.5. The van der Waals surface area contributed by atoms with E-state index < -0.39 is 17.0 Å². The number of hydrogen-bond acceptors (Lipinski definition) is 6. The van der Waals surface area contributed by atoms with Crippen LogP contribution in [0.4, 0.5) is 5.69 Å². The molecule has 0 aliphatic carbocycles. The Balaban J connectivity index is 1.67. The molecule has 3 rings (SSSR count). The van der Waals surface area contributed by atoms with E-state index in [1.54, 1.807) is 6.08 Å². The summed E-state index contributed by atoms with van der Waals surface area (Å²) in [6, 6.07) is 15.4. The molecule has 1 heterocycles. The molecule has 4 atom stereocenters. The zero-order chi connectivity index (χ0) is 24.3. The van der Waals surface area contributed by atoms with Gasteiger partial charge in [0.25, 0.3) is 5.69 Å². The maximum absolute atomic E-state index is 12.7. The van der Waals surface area contributed by atoms with Crippen LogP contribution < -0.4 is 0 Å². The summed E-state index contributed by atoms with van der Waals surface area (Å²) < 4.78 is 18.4. The molecule has 0 amide bonds. The average molecular weight is 468 g/mol.